The molecule has 2 unspecified atom stereocenters. The lowest BCUT2D eigenvalue weighted by Crippen LogP contribution is -2.33. The maximum Gasteiger partial charge on any atom is 0.224 e. The molecule has 2 atom stereocenters. The summed E-state index contributed by atoms with van der Waals surface area (Å²) in [6.45, 7) is 0.0765. The topological polar surface area (TPSA) is 52.9 Å². The zero-order valence-electron chi connectivity index (χ0n) is 11.1. The van der Waals surface area contributed by atoms with Crippen molar-refractivity contribution in [2.75, 3.05) is 12.3 Å². The molecule has 2 rings (SSSR count). The standard InChI is InChI=1S/C15H17FN2OS/c16-12-4-6-13(7-5-12)20-10-11-2-1-3-14(11)15(19)18-9-8-17/h4-7,11,14H,1-3,9-10H2,(H,18,19). The van der Waals surface area contributed by atoms with E-state index in [-0.39, 0.29) is 24.2 Å². The number of hydrogen-bond donors (Lipinski definition) is 1. The quantitative estimate of drug-likeness (QED) is 0.670. The number of thioether (sulfide) groups is 1. The lowest BCUT2D eigenvalue weighted by Gasteiger charge is -2.18. The normalized spacial score (nSPS) is 21.4. The molecule has 0 saturated heterocycles. The number of carbonyl (C=O) groups excluding carboxylic acids is 1. The molecule has 0 aromatic heterocycles. The van der Waals surface area contributed by atoms with E-state index in [4.69, 9.17) is 5.26 Å². The zero-order valence-corrected chi connectivity index (χ0v) is 12.0. The summed E-state index contributed by atoms with van der Waals surface area (Å²) < 4.78 is 12.8. The van der Waals surface area contributed by atoms with Gasteiger partial charge in [0, 0.05) is 16.6 Å². The highest BCUT2D eigenvalue weighted by atomic mass is 32.2. The van der Waals surface area contributed by atoms with Crippen molar-refractivity contribution >= 4 is 17.7 Å². The van der Waals surface area contributed by atoms with E-state index < -0.39 is 0 Å². The first-order chi connectivity index (χ1) is 9.70. The Morgan fingerprint density at radius 3 is 2.85 bits per heavy atom. The third-order valence-corrected chi connectivity index (χ3v) is 4.82. The average molecular weight is 292 g/mol. The molecule has 106 valence electrons. The molecule has 0 aliphatic heterocycles. The molecule has 1 N–H and O–H groups in total. The first-order valence-electron chi connectivity index (χ1n) is 6.73. The summed E-state index contributed by atoms with van der Waals surface area (Å²) in [5.41, 5.74) is 0. The van der Waals surface area contributed by atoms with Crippen LogP contribution in [0.4, 0.5) is 4.39 Å². The smallest absolute Gasteiger partial charge is 0.224 e. The van der Waals surface area contributed by atoms with Crippen molar-refractivity contribution in [3.8, 4) is 6.07 Å². The van der Waals surface area contributed by atoms with E-state index in [0.717, 1.165) is 29.9 Å². The number of nitrogens with zero attached hydrogens (tertiary/aromatic N) is 1. The van der Waals surface area contributed by atoms with Gasteiger partial charge in [0.15, 0.2) is 0 Å². The van der Waals surface area contributed by atoms with Crippen LogP contribution < -0.4 is 5.32 Å². The van der Waals surface area contributed by atoms with Gasteiger partial charge >= 0.3 is 0 Å². The molecule has 1 saturated carbocycles. The number of hydrogen-bond acceptors (Lipinski definition) is 3. The predicted molar refractivity (Wildman–Crippen MR) is 76.6 cm³/mol. The van der Waals surface area contributed by atoms with Crippen LogP contribution >= 0.6 is 11.8 Å². The highest BCUT2D eigenvalue weighted by Crippen LogP contribution is 2.36. The molecule has 1 fully saturated rings. The largest absolute Gasteiger partial charge is 0.343 e. The summed E-state index contributed by atoms with van der Waals surface area (Å²) in [6.07, 6.45) is 2.99. The van der Waals surface area contributed by atoms with Crippen molar-refractivity contribution in [1.82, 2.24) is 5.32 Å². The molecule has 20 heavy (non-hydrogen) atoms. The van der Waals surface area contributed by atoms with E-state index in [9.17, 15) is 9.18 Å². The molecule has 1 aromatic carbocycles. The van der Waals surface area contributed by atoms with Crippen molar-refractivity contribution in [3.05, 3.63) is 30.1 Å². The second-order valence-corrected chi connectivity index (χ2v) is 6.03. The summed E-state index contributed by atoms with van der Waals surface area (Å²) in [6, 6.07) is 8.36. The monoisotopic (exact) mass is 292 g/mol. The number of rotatable bonds is 5. The van der Waals surface area contributed by atoms with Crippen LogP contribution in [0, 0.1) is 29.0 Å². The summed E-state index contributed by atoms with van der Waals surface area (Å²) in [5, 5.41) is 11.1. The van der Waals surface area contributed by atoms with E-state index in [1.807, 2.05) is 6.07 Å². The third kappa shape index (κ3) is 3.97. The van der Waals surface area contributed by atoms with E-state index in [1.165, 1.54) is 12.1 Å². The van der Waals surface area contributed by atoms with E-state index >= 15 is 0 Å². The number of nitrogens with one attached hydrogen (secondary N) is 1. The minimum absolute atomic E-state index is 0.00578. The van der Waals surface area contributed by atoms with Crippen LogP contribution in [-0.2, 0) is 4.79 Å². The average Bonchev–Trinajstić information content (AvgIpc) is 2.92. The highest BCUT2D eigenvalue weighted by Gasteiger charge is 2.32. The van der Waals surface area contributed by atoms with E-state index in [0.29, 0.717) is 5.92 Å². The molecule has 1 amide bonds. The second-order valence-electron chi connectivity index (χ2n) is 4.94. The lowest BCUT2D eigenvalue weighted by molar-refractivity contribution is -0.125. The SMILES string of the molecule is N#CCNC(=O)C1CCCC1CSc1ccc(F)cc1. The summed E-state index contributed by atoms with van der Waals surface area (Å²) in [5.74, 6) is 0.966. The van der Waals surface area contributed by atoms with E-state index in [2.05, 4.69) is 5.32 Å². The molecule has 0 radical (unpaired) electrons. The number of nitriles is 1. The van der Waals surface area contributed by atoms with Gasteiger partial charge in [-0.3, -0.25) is 4.79 Å². The Balaban J connectivity index is 1.86. The lowest BCUT2D eigenvalue weighted by atomic mass is 9.97. The molecule has 3 nitrogen and oxygen atoms in total. The Hall–Kier alpha value is -1.54. The Bertz CT molecular complexity index is 498. The molecule has 1 aromatic rings. The van der Waals surface area contributed by atoms with Gasteiger partial charge < -0.3 is 5.32 Å². The maximum atomic E-state index is 12.8. The minimum Gasteiger partial charge on any atom is -0.343 e. The molecular formula is C15H17FN2OS. The van der Waals surface area contributed by atoms with Gasteiger partial charge in [0.1, 0.15) is 12.4 Å². The third-order valence-electron chi connectivity index (χ3n) is 3.62. The highest BCUT2D eigenvalue weighted by molar-refractivity contribution is 7.99. The minimum atomic E-state index is -0.232. The Morgan fingerprint density at radius 2 is 2.15 bits per heavy atom. The van der Waals surface area contributed by atoms with Crippen molar-refractivity contribution in [3.63, 3.8) is 0 Å². The second kappa shape index (κ2) is 7.30. The fraction of sp³-hybridized carbons (Fsp3) is 0.467. The van der Waals surface area contributed by atoms with Crippen LogP contribution in [0.25, 0.3) is 0 Å². The van der Waals surface area contributed by atoms with Crippen LogP contribution in [0.15, 0.2) is 29.2 Å². The van der Waals surface area contributed by atoms with Gasteiger partial charge in [-0.15, -0.1) is 11.8 Å². The Kier molecular flexibility index (Phi) is 5.42. The van der Waals surface area contributed by atoms with Gasteiger partial charge in [-0.05, 0) is 43.0 Å². The van der Waals surface area contributed by atoms with Crippen molar-refractivity contribution < 1.29 is 9.18 Å². The fourth-order valence-corrected chi connectivity index (χ4v) is 3.71. The summed E-state index contributed by atoms with van der Waals surface area (Å²) in [4.78, 5) is 13.0. The number of amides is 1. The van der Waals surface area contributed by atoms with Gasteiger partial charge in [-0.1, -0.05) is 6.42 Å². The van der Waals surface area contributed by atoms with Crippen molar-refractivity contribution in [2.24, 2.45) is 11.8 Å². The number of halogens is 1. The van der Waals surface area contributed by atoms with Crippen LogP contribution in [-0.4, -0.2) is 18.2 Å². The first kappa shape index (κ1) is 14.9. The molecule has 0 bridgehead atoms. The van der Waals surface area contributed by atoms with E-state index in [1.54, 1.807) is 23.9 Å². The zero-order chi connectivity index (χ0) is 14.4. The fourth-order valence-electron chi connectivity index (χ4n) is 2.57. The van der Waals surface area contributed by atoms with Crippen LogP contribution in [0.2, 0.25) is 0 Å². The molecule has 0 heterocycles. The van der Waals surface area contributed by atoms with Crippen molar-refractivity contribution in [1.29, 1.82) is 5.26 Å². The van der Waals surface area contributed by atoms with Crippen molar-refractivity contribution in [2.45, 2.75) is 24.2 Å². The Labute approximate surface area is 122 Å². The van der Waals surface area contributed by atoms with Crippen LogP contribution in [0.1, 0.15) is 19.3 Å². The van der Waals surface area contributed by atoms with Crippen LogP contribution in [0.3, 0.4) is 0 Å². The summed E-state index contributed by atoms with van der Waals surface area (Å²) in [7, 11) is 0. The van der Waals surface area contributed by atoms with Gasteiger partial charge in [0.25, 0.3) is 0 Å². The molecule has 1 aliphatic rings. The first-order valence-corrected chi connectivity index (χ1v) is 7.72. The van der Waals surface area contributed by atoms with Gasteiger partial charge in [-0.25, -0.2) is 4.39 Å². The molecule has 5 heteroatoms. The van der Waals surface area contributed by atoms with Gasteiger partial charge in [0.05, 0.1) is 6.07 Å². The number of benzene rings is 1. The summed E-state index contributed by atoms with van der Waals surface area (Å²) >= 11 is 1.66. The van der Waals surface area contributed by atoms with Gasteiger partial charge in [0.2, 0.25) is 5.91 Å². The molecule has 1 aliphatic carbocycles. The predicted octanol–water partition coefficient (Wildman–Crippen LogP) is 2.97. The Morgan fingerprint density at radius 1 is 1.40 bits per heavy atom. The molecular weight excluding hydrogens is 275 g/mol. The van der Waals surface area contributed by atoms with Gasteiger partial charge in [-0.2, -0.15) is 5.26 Å². The van der Waals surface area contributed by atoms with Crippen LogP contribution in [0.5, 0.6) is 0 Å². The maximum absolute atomic E-state index is 12.8. The molecule has 0 spiro atoms. The number of carbonyl (C=O) groups is 1.